The minimum absolute atomic E-state index is 0.0314. The van der Waals surface area contributed by atoms with Crippen molar-refractivity contribution < 1.29 is 9.13 Å². The van der Waals surface area contributed by atoms with Crippen LogP contribution in [0.4, 0.5) is 4.39 Å². The fourth-order valence-corrected chi connectivity index (χ4v) is 1.91. The van der Waals surface area contributed by atoms with Gasteiger partial charge in [0.1, 0.15) is 5.82 Å². The van der Waals surface area contributed by atoms with Gasteiger partial charge in [-0.1, -0.05) is 11.6 Å². The lowest BCUT2D eigenvalue weighted by Crippen LogP contribution is -2.25. The van der Waals surface area contributed by atoms with Crippen molar-refractivity contribution in [3.05, 3.63) is 34.9 Å². The molecule has 0 aliphatic rings. The molecule has 1 N–H and O–H groups in total. The van der Waals surface area contributed by atoms with Crippen molar-refractivity contribution in [2.75, 3.05) is 20.3 Å². The second-order valence-electron chi connectivity index (χ2n) is 4.22. The molecule has 2 aromatic rings. The molecule has 108 valence electrons. The Morgan fingerprint density at radius 2 is 2.30 bits per heavy atom. The Labute approximate surface area is 120 Å². The summed E-state index contributed by atoms with van der Waals surface area (Å²) in [6.45, 7) is 3.20. The first-order valence-corrected chi connectivity index (χ1v) is 6.47. The third-order valence-electron chi connectivity index (χ3n) is 2.79. The molecule has 0 radical (unpaired) electrons. The molecule has 0 saturated carbocycles. The van der Waals surface area contributed by atoms with E-state index in [9.17, 15) is 4.39 Å². The molecule has 0 bridgehead atoms. The van der Waals surface area contributed by atoms with Gasteiger partial charge in [0.25, 0.3) is 0 Å². The van der Waals surface area contributed by atoms with E-state index in [-0.39, 0.29) is 11.1 Å². The first kappa shape index (κ1) is 14.8. The van der Waals surface area contributed by atoms with E-state index >= 15 is 0 Å². The topological polar surface area (TPSA) is 64.9 Å². The Hall–Kier alpha value is -1.57. The summed E-state index contributed by atoms with van der Waals surface area (Å²) >= 11 is 5.78. The SMILES string of the molecule is COCCNC(C)c1nnnn1-c1ccc(F)c(Cl)c1. The van der Waals surface area contributed by atoms with E-state index in [2.05, 4.69) is 20.8 Å². The maximum atomic E-state index is 13.2. The number of hydrogen-bond donors (Lipinski definition) is 1. The molecule has 0 aliphatic carbocycles. The monoisotopic (exact) mass is 299 g/mol. The van der Waals surface area contributed by atoms with Gasteiger partial charge in [0.05, 0.1) is 23.4 Å². The molecule has 1 aromatic heterocycles. The second-order valence-corrected chi connectivity index (χ2v) is 4.62. The minimum atomic E-state index is -0.476. The molecular formula is C12H15ClFN5O. The van der Waals surface area contributed by atoms with Gasteiger partial charge in [-0.05, 0) is 35.5 Å². The number of nitrogens with one attached hydrogen (secondary N) is 1. The standard InChI is InChI=1S/C12H15ClFN5O/c1-8(15-5-6-20-2)12-16-17-18-19(12)9-3-4-11(14)10(13)7-9/h3-4,7-8,15H,5-6H2,1-2H3. The van der Waals surface area contributed by atoms with Gasteiger partial charge in [0, 0.05) is 13.7 Å². The number of ether oxygens (including phenoxy) is 1. The van der Waals surface area contributed by atoms with Gasteiger partial charge in [-0.15, -0.1) is 5.10 Å². The number of rotatable bonds is 6. The van der Waals surface area contributed by atoms with Crippen LogP contribution < -0.4 is 5.32 Å². The summed E-state index contributed by atoms with van der Waals surface area (Å²) < 4.78 is 19.7. The molecule has 20 heavy (non-hydrogen) atoms. The minimum Gasteiger partial charge on any atom is -0.383 e. The van der Waals surface area contributed by atoms with Crippen LogP contribution in [0.3, 0.4) is 0 Å². The van der Waals surface area contributed by atoms with Gasteiger partial charge in [0.2, 0.25) is 0 Å². The second kappa shape index (κ2) is 6.74. The normalized spacial score (nSPS) is 12.6. The molecule has 1 atom stereocenters. The number of tetrazole rings is 1. The van der Waals surface area contributed by atoms with Crippen LogP contribution in [0.5, 0.6) is 0 Å². The van der Waals surface area contributed by atoms with E-state index in [0.717, 1.165) is 0 Å². The number of methoxy groups -OCH3 is 1. The predicted molar refractivity (Wildman–Crippen MR) is 72.4 cm³/mol. The molecular weight excluding hydrogens is 285 g/mol. The zero-order chi connectivity index (χ0) is 14.5. The van der Waals surface area contributed by atoms with Crippen LogP contribution in [0.1, 0.15) is 18.8 Å². The van der Waals surface area contributed by atoms with Gasteiger partial charge in [-0.25, -0.2) is 4.39 Å². The van der Waals surface area contributed by atoms with E-state index < -0.39 is 5.82 Å². The lowest BCUT2D eigenvalue weighted by Gasteiger charge is -2.13. The molecule has 1 aromatic carbocycles. The molecule has 1 unspecified atom stereocenters. The maximum Gasteiger partial charge on any atom is 0.173 e. The molecule has 0 spiro atoms. The van der Waals surface area contributed by atoms with E-state index in [1.165, 1.54) is 16.8 Å². The molecule has 0 amide bonds. The average Bonchev–Trinajstić information content (AvgIpc) is 2.91. The van der Waals surface area contributed by atoms with Gasteiger partial charge in [0.15, 0.2) is 5.82 Å². The quantitative estimate of drug-likeness (QED) is 0.823. The van der Waals surface area contributed by atoms with Crippen LogP contribution in [-0.4, -0.2) is 40.5 Å². The van der Waals surface area contributed by atoms with Crippen LogP contribution in [-0.2, 0) is 4.74 Å². The van der Waals surface area contributed by atoms with Crippen molar-refractivity contribution in [1.29, 1.82) is 0 Å². The largest absolute Gasteiger partial charge is 0.383 e. The molecule has 1 heterocycles. The zero-order valence-corrected chi connectivity index (χ0v) is 11.9. The first-order chi connectivity index (χ1) is 9.63. The number of nitrogens with zero attached hydrogens (tertiary/aromatic N) is 4. The van der Waals surface area contributed by atoms with Crippen LogP contribution >= 0.6 is 11.6 Å². The molecule has 8 heteroatoms. The van der Waals surface area contributed by atoms with Crippen LogP contribution in [0, 0.1) is 5.82 Å². The fraction of sp³-hybridized carbons (Fsp3) is 0.417. The lowest BCUT2D eigenvalue weighted by molar-refractivity contribution is 0.196. The summed E-state index contributed by atoms with van der Waals surface area (Å²) in [7, 11) is 1.64. The van der Waals surface area contributed by atoms with Gasteiger partial charge in [-0.2, -0.15) is 4.68 Å². The van der Waals surface area contributed by atoms with Crippen molar-refractivity contribution in [2.24, 2.45) is 0 Å². The summed E-state index contributed by atoms with van der Waals surface area (Å²) in [6, 6.07) is 4.26. The number of aromatic nitrogens is 4. The zero-order valence-electron chi connectivity index (χ0n) is 11.2. The summed E-state index contributed by atoms with van der Waals surface area (Å²) in [6.07, 6.45) is 0. The first-order valence-electron chi connectivity index (χ1n) is 6.09. The average molecular weight is 300 g/mol. The highest BCUT2D eigenvalue weighted by molar-refractivity contribution is 6.30. The Bertz CT molecular complexity index is 577. The number of hydrogen-bond acceptors (Lipinski definition) is 5. The van der Waals surface area contributed by atoms with E-state index in [0.29, 0.717) is 24.7 Å². The summed E-state index contributed by atoms with van der Waals surface area (Å²) in [5, 5.41) is 14.8. The predicted octanol–water partition coefficient (Wildman–Crippen LogP) is 1.75. The van der Waals surface area contributed by atoms with Gasteiger partial charge < -0.3 is 10.1 Å². The Balaban J connectivity index is 2.21. The fourth-order valence-electron chi connectivity index (χ4n) is 1.73. The summed E-state index contributed by atoms with van der Waals surface area (Å²) in [4.78, 5) is 0. The highest BCUT2D eigenvalue weighted by Gasteiger charge is 2.16. The van der Waals surface area contributed by atoms with Crippen molar-refractivity contribution in [3.63, 3.8) is 0 Å². The maximum absolute atomic E-state index is 13.2. The molecule has 2 rings (SSSR count). The molecule has 6 nitrogen and oxygen atoms in total. The highest BCUT2D eigenvalue weighted by Crippen LogP contribution is 2.20. The molecule has 0 saturated heterocycles. The van der Waals surface area contributed by atoms with Crippen molar-refractivity contribution >= 4 is 11.6 Å². The van der Waals surface area contributed by atoms with E-state index in [1.807, 2.05) is 6.92 Å². The van der Waals surface area contributed by atoms with Crippen LogP contribution in [0.15, 0.2) is 18.2 Å². The summed E-state index contributed by atoms with van der Waals surface area (Å²) in [5.41, 5.74) is 0.608. The van der Waals surface area contributed by atoms with Crippen LogP contribution in [0.25, 0.3) is 5.69 Å². The van der Waals surface area contributed by atoms with Gasteiger partial charge in [-0.3, -0.25) is 0 Å². The number of halogens is 2. The van der Waals surface area contributed by atoms with Crippen LogP contribution in [0.2, 0.25) is 5.02 Å². The molecule has 0 fully saturated rings. The van der Waals surface area contributed by atoms with Gasteiger partial charge >= 0.3 is 0 Å². The van der Waals surface area contributed by atoms with E-state index in [4.69, 9.17) is 16.3 Å². The number of benzene rings is 1. The van der Waals surface area contributed by atoms with Crippen molar-refractivity contribution in [1.82, 2.24) is 25.5 Å². The third-order valence-corrected chi connectivity index (χ3v) is 3.08. The van der Waals surface area contributed by atoms with E-state index in [1.54, 1.807) is 13.2 Å². The van der Waals surface area contributed by atoms with Crippen molar-refractivity contribution in [3.8, 4) is 5.69 Å². The summed E-state index contributed by atoms with van der Waals surface area (Å²) in [5.74, 6) is 0.139. The third kappa shape index (κ3) is 3.30. The molecule has 0 aliphatic heterocycles. The lowest BCUT2D eigenvalue weighted by atomic mass is 10.2. The Kier molecular flexibility index (Phi) is 4.99. The Morgan fingerprint density at radius 1 is 1.50 bits per heavy atom. The smallest absolute Gasteiger partial charge is 0.173 e. The highest BCUT2D eigenvalue weighted by atomic mass is 35.5. The van der Waals surface area contributed by atoms with Crippen molar-refractivity contribution in [2.45, 2.75) is 13.0 Å². The Morgan fingerprint density at radius 3 is 3.00 bits per heavy atom.